The van der Waals surface area contributed by atoms with Gasteiger partial charge in [0, 0.05) is 0 Å². The molecule has 0 heterocycles. The number of hydrogen-bond donors (Lipinski definition) is 0. The first-order valence-corrected chi connectivity index (χ1v) is 4.96. The van der Waals surface area contributed by atoms with Crippen LogP contribution < -0.4 is 0 Å². The Morgan fingerprint density at radius 1 is 1.14 bits per heavy atom. The molecule has 0 atom stereocenters. The van der Waals surface area contributed by atoms with Crippen LogP contribution in [0.2, 0.25) is 0 Å². The van der Waals surface area contributed by atoms with Crippen molar-refractivity contribution < 1.29 is 19.0 Å². The first-order chi connectivity index (χ1) is 6.63. The van der Waals surface area contributed by atoms with Gasteiger partial charge in [0.15, 0.2) is 0 Å². The van der Waals surface area contributed by atoms with Crippen molar-refractivity contribution in [1.82, 2.24) is 0 Å². The number of carbonyl (C=O) groups is 1. The highest BCUT2D eigenvalue weighted by Gasteiger charge is 1.96. The highest BCUT2D eigenvalue weighted by Crippen LogP contribution is 1.88. The minimum atomic E-state index is -0.492. The van der Waals surface area contributed by atoms with E-state index in [2.05, 4.69) is 0 Å². The van der Waals surface area contributed by atoms with Crippen LogP contribution in [0, 0.1) is 0 Å². The highest BCUT2D eigenvalue weighted by molar-refractivity contribution is 6.63. The Morgan fingerprint density at radius 2 is 1.71 bits per heavy atom. The van der Waals surface area contributed by atoms with Crippen molar-refractivity contribution in [1.29, 1.82) is 0 Å². The maximum atomic E-state index is 10.2. The van der Waals surface area contributed by atoms with Gasteiger partial charge in [-0.2, -0.15) is 0 Å². The maximum absolute atomic E-state index is 10.2. The number of ether oxygens (including phenoxy) is 3. The van der Waals surface area contributed by atoms with Gasteiger partial charge in [0.25, 0.3) is 0 Å². The number of carbonyl (C=O) groups excluding carboxylic acids is 1. The van der Waals surface area contributed by atoms with Gasteiger partial charge in [-0.25, -0.2) is 0 Å². The monoisotopic (exact) mass is 224 g/mol. The molecule has 0 spiro atoms. The third-order valence-corrected chi connectivity index (χ3v) is 1.38. The predicted octanol–water partition coefficient (Wildman–Crippen LogP) is 1.21. The van der Waals surface area contributed by atoms with E-state index < -0.39 is 5.24 Å². The molecule has 4 nitrogen and oxygen atoms in total. The van der Waals surface area contributed by atoms with E-state index in [0.29, 0.717) is 26.4 Å². The fraction of sp³-hybridized carbons (Fsp3) is 0.889. The molecule has 0 aliphatic heterocycles. The van der Waals surface area contributed by atoms with Crippen molar-refractivity contribution in [3.63, 3.8) is 0 Å². The highest BCUT2D eigenvalue weighted by atomic mass is 35.5. The summed E-state index contributed by atoms with van der Waals surface area (Å²) < 4.78 is 15.3. The van der Waals surface area contributed by atoms with Gasteiger partial charge >= 0.3 is 0 Å². The molecule has 0 aromatic heterocycles. The molecule has 5 heteroatoms. The van der Waals surface area contributed by atoms with Crippen molar-refractivity contribution in [2.75, 3.05) is 33.0 Å². The Morgan fingerprint density at radius 3 is 2.29 bits per heavy atom. The quantitative estimate of drug-likeness (QED) is 0.436. The molecule has 0 amide bonds. The van der Waals surface area contributed by atoms with E-state index in [-0.39, 0.29) is 12.7 Å². The molecule has 0 saturated carbocycles. The fourth-order valence-electron chi connectivity index (χ4n) is 0.715. The topological polar surface area (TPSA) is 44.8 Å². The average molecular weight is 225 g/mol. The lowest BCUT2D eigenvalue weighted by Gasteiger charge is -2.07. The molecule has 0 radical (unpaired) electrons. The van der Waals surface area contributed by atoms with Gasteiger partial charge in [0.05, 0.1) is 32.5 Å². The third kappa shape index (κ3) is 11.8. The summed E-state index contributed by atoms with van der Waals surface area (Å²) in [6.07, 6.45) is 0.226. The van der Waals surface area contributed by atoms with E-state index >= 15 is 0 Å². The zero-order chi connectivity index (χ0) is 10.8. The number of halogens is 1. The number of rotatable bonds is 9. The van der Waals surface area contributed by atoms with Crippen LogP contribution in [0.1, 0.15) is 13.8 Å². The van der Waals surface area contributed by atoms with Gasteiger partial charge in [-0.15, -0.1) is 0 Å². The second-order valence-electron chi connectivity index (χ2n) is 2.94. The fourth-order valence-corrected chi connectivity index (χ4v) is 0.792. The van der Waals surface area contributed by atoms with Gasteiger partial charge in [-0.1, -0.05) is 0 Å². The van der Waals surface area contributed by atoms with E-state index in [1.54, 1.807) is 0 Å². The SMILES string of the molecule is CC(C)OCCOCCOCC(=O)Cl. The van der Waals surface area contributed by atoms with Gasteiger partial charge in [0.1, 0.15) is 6.61 Å². The summed E-state index contributed by atoms with van der Waals surface area (Å²) in [5, 5.41) is -0.492. The summed E-state index contributed by atoms with van der Waals surface area (Å²) in [6.45, 7) is 5.81. The average Bonchev–Trinajstić information content (AvgIpc) is 2.08. The molecule has 0 aromatic carbocycles. The molecule has 0 bridgehead atoms. The van der Waals surface area contributed by atoms with Crippen LogP contribution in [-0.2, 0) is 19.0 Å². The Kier molecular flexibility index (Phi) is 9.29. The molecule has 0 rings (SSSR count). The van der Waals surface area contributed by atoms with Crippen LogP contribution in [0.15, 0.2) is 0 Å². The Balaban J connectivity index is 2.96. The summed E-state index contributed by atoms with van der Waals surface area (Å²) in [7, 11) is 0. The summed E-state index contributed by atoms with van der Waals surface area (Å²) in [4.78, 5) is 10.2. The summed E-state index contributed by atoms with van der Waals surface area (Å²) in [5.41, 5.74) is 0. The van der Waals surface area contributed by atoms with E-state index in [1.807, 2.05) is 13.8 Å². The second-order valence-corrected chi connectivity index (χ2v) is 3.36. The third-order valence-electron chi connectivity index (χ3n) is 1.27. The zero-order valence-electron chi connectivity index (χ0n) is 8.62. The summed E-state index contributed by atoms with van der Waals surface area (Å²) in [5.74, 6) is 0. The van der Waals surface area contributed by atoms with Crippen LogP contribution in [0.4, 0.5) is 0 Å². The molecule has 0 aromatic rings. The van der Waals surface area contributed by atoms with Crippen LogP contribution in [0.3, 0.4) is 0 Å². The lowest BCUT2D eigenvalue weighted by Crippen LogP contribution is -2.13. The summed E-state index contributed by atoms with van der Waals surface area (Å²) in [6, 6.07) is 0. The van der Waals surface area contributed by atoms with Crippen molar-refractivity contribution in [3.8, 4) is 0 Å². The Labute approximate surface area is 89.5 Å². The van der Waals surface area contributed by atoms with E-state index in [9.17, 15) is 4.79 Å². The Bertz CT molecular complexity index is 150. The predicted molar refractivity (Wildman–Crippen MR) is 53.6 cm³/mol. The summed E-state index contributed by atoms with van der Waals surface area (Å²) >= 11 is 5.05. The van der Waals surface area contributed by atoms with E-state index in [0.717, 1.165) is 0 Å². The van der Waals surface area contributed by atoms with Crippen LogP contribution in [0.5, 0.6) is 0 Å². The van der Waals surface area contributed by atoms with Gasteiger partial charge < -0.3 is 14.2 Å². The zero-order valence-corrected chi connectivity index (χ0v) is 9.38. The van der Waals surface area contributed by atoms with E-state index in [1.165, 1.54) is 0 Å². The van der Waals surface area contributed by atoms with Crippen LogP contribution in [-0.4, -0.2) is 44.4 Å². The van der Waals surface area contributed by atoms with Gasteiger partial charge in [-0.05, 0) is 25.4 Å². The molecule has 0 unspecified atom stereocenters. The smallest absolute Gasteiger partial charge is 0.247 e. The largest absolute Gasteiger partial charge is 0.377 e. The van der Waals surface area contributed by atoms with E-state index in [4.69, 9.17) is 25.8 Å². The Hall–Kier alpha value is -0.160. The lowest BCUT2D eigenvalue weighted by atomic mass is 10.5. The molecule has 0 aliphatic rings. The van der Waals surface area contributed by atoms with Crippen LogP contribution >= 0.6 is 11.6 Å². The van der Waals surface area contributed by atoms with Gasteiger partial charge in [-0.3, -0.25) is 4.79 Å². The van der Waals surface area contributed by atoms with Crippen molar-refractivity contribution in [3.05, 3.63) is 0 Å². The van der Waals surface area contributed by atoms with Gasteiger partial charge in [0.2, 0.25) is 5.24 Å². The molecule has 0 saturated heterocycles. The van der Waals surface area contributed by atoms with Crippen molar-refractivity contribution in [2.24, 2.45) is 0 Å². The molecule has 0 fully saturated rings. The first kappa shape index (κ1) is 13.8. The normalized spacial score (nSPS) is 10.9. The molecule has 0 aliphatic carbocycles. The number of hydrogen-bond acceptors (Lipinski definition) is 4. The minimum absolute atomic E-state index is 0.0621. The van der Waals surface area contributed by atoms with Crippen molar-refractivity contribution >= 4 is 16.8 Å². The minimum Gasteiger partial charge on any atom is -0.377 e. The lowest BCUT2D eigenvalue weighted by molar-refractivity contribution is -0.116. The first-order valence-electron chi connectivity index (χ1n) is 4.58. The molecule has 0 N–H and O–H groups in total. The second kappa shape index (κ2) is 9.40. The van der Waals surface area contributed by atoms with Crippen molar-refractivity contribution in [2.45, 2.75) is 20.0 Å². The molecular formula is C9H17ClO4. The molecule has 14 heavy (non-hydrogen) atoms. The molecule has 84 valence electrons. The van der Waals surface area contributed by atoms with Crippen LogP contribution in [0.25, 0.3) is 0 Å². The molecular weight excluding hydrogens is 208 g/mol. The standard InChI is InChI=1S/C9H17ClO4/c1-8(2)14-6-5-12-3-4-13-7-9(10)11/h8H,3-7H2,1-2H3. The maximum Gasteiger partial charge on any atom is 0.247 e.